The molecule has 0 rings (SSSR count). The van der Waals surface area contributed by atoms with Crippen LogP contribution in [0.25, 0.3) is 0 Å². The highest BCUT2D eigenvalue weighted by Gasteiger charge is 2.04. The Morgan fingerprint density at radius 1 is 1.05 bits per heavy atom. The van der Waals surface area contributed by atoms with Gasteiger partial charge in [0.2, 0.25) is 0 Å². The Morgan fingerprint density at radius 2 is 1.67 bits per heavy atom. The molecule has 1 N–H and O–H groups in total. The van der Waals surface area contributed by atoms with Crippen LogP contribution >= 0.6 is 0 Å². The summed E-state index contributed by atoms with van der Waals surface area (Å²) in [5, 5.41) is 8.72. The Hall–Kier alpha value is -2.36. The van der Waals surface area contributed by atoms with Crippen molar-refractivity contribution in [3.8, 4) is 0 Å². The fourth-order valence-corrected chi connectivity index (χ4v) is 1.49. The third kappa shape index (κ3) is 7.72. The van der Waals surface area contributed by atoms with Crippen molar-refractivity contribution in [3.05, 3.63) is 58.7 Å². The molecule has 21 heavy (non-hydrogen) atoms. The van der Waals surface area contributed by atoms with Crippen molar-refractivity contribution in [2.75, 3.05) is 7.11 Å². The zero-order valence-corrected chi connectivity index (χ0v) is 13.1. The number of ether oxygens (including phenoxy) is 1. The molecule has 4 heteroatoms. The molecule has 0 unspecified atom stereocenters. The summed E-state index contributed by atoms with van der Waals surface area (Å²) in [5.74, 6) is -1.31. The summed E-state index contributed by atoms with van der Waals surface area (Å²) in [6.07, 6.45) is 10.3. The summed E-state index contributed by atoms with van der Waals surface area (Å²) in [6, 6.07) is 0. The van der Waals surface area contributed by atoms with E-state index in [4.69, 9.17) is 5.11 Å². The predicted molar refractivity (Wildman–Crippen MR) is 83.8 cm³/mol. The predicted octanol–water partition coefficient (Wildman–Crippen LogP) is 3.59. The van der Waals surface area contributed by atoms with Crippen LogP contribution in [0.5, 0.6) is 0 Å². The van der Waals surface area contributed by atoms with Crippen LogP contribution in [-0.2, 0) is 14.3 Å². The Bertz CT molecular complexity index is 543. The van der Waals surface area contributed by atoms with E-state index in [2.05, 4.69) is 4.74 Å². The third-order valence-corrected chi connectivity index (χ3v) is 2.61. The van der Waals surface area contributed by atoms with E-state index in [9.17, 15) is 9.59 Å². The zero-order chi connectivity index (χ0) is 16.4. The van der Waals surface area contributed by atoms with Gasteiger partial charge < -0.3 is 9.84 Å². The van der Waals surface area contributed by atoms with Crippen LogP contribution in [0.2, 0.25) is 0 Å². The maximum Gasteiger partial charge on any atom is 0.337 e. The molecule has 0 heterocycles. The van der Waals surface area contributed by atoms with Crippen LogP contribution in [0.3, 0.4) is 0 Å². The molecule has 0 radical (unpaired) electrons. The lowest BCUT2D eigenvalue weighted by Crippen LogP contribution is -2.02. The highest BCUT2D eigenvalue weighted by molar-refractivity contribution is 5.91. The fourth-order valence-electron chi connectivity index (χ4n) is 1.49. The van der Waals surface area contributed by atoms with Gasteiger partial charge in [0.05, 0.1) is 12.7 Å². The van der Waals surface area contributed by atoms with E-state index in [0.717, 1.165) is 11.1 Å². The highest BCUT2D eigenvalue weighted by Crippen LogP contribution is 2.09. The van der Waals surface area contributed by atoms with Crippen molar-refractivity contribution in [1.29, 1.82) is 0 Å². The van der Waals surface area contributed by atoms with Crippen LogP contribution in [0.1, 0.15) is 27.7 Å². The van der Waals surface area contributed by atoms with Crippen LogP contribution < -0.4 is 0 Å². The van der Waals surface area contributed by atoms with Crippen LogP contribution in [0, 0.1) is 0 Å². The van der Waals surface area contributed by atoms with E-state index in [-0.39, 0.29) is 11.5 Å². The molecule has 0 aliphatic carbocycles. The quantitative estimate of drug-likeness (QED) is 0.461. The fraction of sp³-hybridized carbons (Fsp3) is 0.294. The standard InChI is InChI=1S/C17H22O4/c1-6-15(17(20)21-5)11-13(3)10-12(2)8-7-9-14(4)16(18)19/h6-11H,1-5H3,(H,18,19)/b8-7+,12-10+,13-11+,14-9+,15-6-. The molecular weight excluding hydrogens is 268 g/mol. The first-order valence-corrected chi connectivity index (χ1v) is 6.51. The molecule has 0 spiro atoms. The number of rotatable bonds is 6. The van der Waals surface area contributed by atoms with Gasteiger partial charge in [0.15, 0.2) is 0 Å². The van der Waals surface area contributed by atoms with Gasteiger partial charge in [0, 0.05) is 5.57 Å². The first kappa shape index (κ1) is 18.6. The Balaban J connectivity index is 4.99. The van der Waals surface area contributed by atoms with Gasteiger partial charge in [0.1, 0.15) is 0 Å². The molecule has 0 bridgehead atoms. The van der Waals surface area contributed by atoms with E-state index in [1.165, 1.54) is 20.1 Å². The minimum atomic E-state index is -0.937. The average Bonchev–Trinajstić information content (AvgIpc) is 2.43. The third-order valence-electron chi connectivity index (χ3n) is 2.61. The largest absolute Gasteiger partial charge is 0.478 e. The summed E-state index contributed by atoms with van der Waals surface area (Å²) in [5.41, 5.74) is 2.60. The molecule has 0 aromatic rings. The molecule has 0 fully saturated rings. The van der Waals surface area contributed by atoms with Crippen molar-refractivity contribution in [2.24, 2.45) is 0 Å². The van der Waals surface area contributed by atoms with Crippen molar-refractivity contribution >= 4 is 11.9 Å². The van der Waals surface area contributed by atoms with Gasteiger partial charge in [-0.15, -0.1) is 0 Å². The number of esters is 1. The van der Waals surface area contributed by atoms with Crippen LogP contribution in [0.15, 0.2) is 58.7 Å². The van der Waals surface area contributed by atoms with Crippen molar-refractivity contribution in [3.63, 3.8) is 0 Å². The molecule has 0 aromatic heterocycles. The van der Waals surface area contributed by atoms with E-state index >= 15 is 0 Å². The molecule has 114 valence electrons. The first-order chi connectivity index (χ1) is 9.81. The highest BCUT2D eigenvalue weighted by atomic mass is 16.5. The van der Waals surface area contributed by atoms with Crippen LogP contribution in [-0.4, -0.2) is 24.2 Å². The monoisotopic (exact) mass is 290 g/mol. The number of aliphatic carboxylic acids is 1. The summed E-state index contributed by atoms with van der Waals surface area (Å²) in [6.45, 7) is 7.07. The van der Waals surface area contributed by atoms with E-state index in [1.807, 2.05) is 19.9 Å². The van der Waals surface area contributed by atoms with Gasteiger partial charge in [-0.2, -0.15) is 0 Å². The van der Waals surface area contributed by atoms with Gasteiger partial charge >= 0.3 is 11.9 Å². The van der Waals surface area contributed by atoms with Crippen molar-refractivity contribution in [2.45, 2.75) is 27.7 Å². The first-order valence-electron chi connectivity index (χ1n) is 6.51. The Morgan fingerprint density at radius 3 is 2.14 bits per heavy atom. The summed E-state index contributed by atoms with van der Waals surface area (Å²) in [4.78, 5) is 22.1. The lowest BCUT2D eigenvalue weighted by molar-refractivity contribution is -0.135. The van der Waals surface area contributed by atoms with Crippen molar-refractivity contribution in [1.82, 2.24) is 0 Å². The number of carbonyl (C=O) groups is 2. The number of carboxylic acids is 1. The van der Waals surface area contributed by atoms with E-state index in [0.29, 0.717) is 5.57 Å². The molecule has 0 atom stereocenters. The second-order valence-electron chi connectivity index (χ2n) is 4.53. The molecule has 4 nitrogen and oxygen atoms in total. The molecule has 0 aliphatic heterocycles. The van der Waals surface area contributed by atoms with Gasteiger partial charge in [-0.1, -0.05) is 41.5 Å². The number of methoxy groups -OCH3 is 1. The Kier molecular flexibility index (Phi) is 8.46. The number of carboxylic acid groups (broad SMARTS) is 1. The smallest absolute Gasteiger partial charge is 0.337 e. The maximum atomic E-state index is 11.4. The van der Waals surface area contributed by atoms with Gasteiger partial charge in [-0.3, -0.25) is 0 Å². The zero-order valence-electron chi connectivity index (χ0n) is 13.1. The minimum absolute atomic E-state index is 0.271. The van der Waals surface area contributed by atoms with Gasteiger partial charge in [0.25, 0.3) is 0 Å². The summed E-state index contributed by atoms with van der Waals surface area (Å²) >= 11 is 0. The lowest BCUT2D eigenvalue weighted by Gasteiger charge is -2.00. The maximum absolute atomic E-state index is 11.4. The average molecular weight is 290 g/mol. The second kappa shape index (κ2) is 9.53. The number of hydrogen-bond donors (Lipinski definition) is 1. The van der Waals surface area contributed by atoms with Crippen LogP contribution in [0.4, 0.5) is 0 Å². The van der Waals surface area contributed by atoms with E-state index < -0.39 is 5.97 Å². The SMILES string of the molecule is C/C=C(/C=C(C)/C=C(C)/C=C/C=C(\C)C(=O)O)C(=O)OC. The topological polar surface area (TPSA) is 63.6 Å². The normalized spacial score (nSPS) is 14.5. The molecule has 0 amide bonds. The van der Waals surface area contributed by atoms with Gasteiger partial charge in [-0.05, 0) is 33.8 Å². The number of carbonyl (C=O) groups excluding carboxylic acids is 1. The summed E-state index contributed by atoms with van der Waals surface area (Å²) in [7, 11) is 1.34. The molecule has 0 aromatic carbocycles. The number of allylic oxidation sites excluding steroid dienone is 7. The molecular formula is C17H22O4. The molecule has 0 saturated carbocycles. The lowest BCUT2D eigenvalue weighted by atomic mass is 10.1. The second-order valence-corrected chi connectivity index (χ2v) is 4.53. The van der Waals surface area contributed by atoms with Gasteiger partial charge in [-0.25, -0.2) is 9.59 Å². The van der Waals surface area contributed by atoms with Crippen molar-refractivity contribution < 1.29 is 19.4 Å². The Labute approximate surface area is 125 Å². The molecule has 0 saturated heterocycles. The molecule has 0 aliphatic rings. The summed E-state index contributed by atoms with van der Waals surface area (Å²) < 4.78 is 4.67. The minimum Gasteiger partial charge on any atom is -0.478 e. The van der Waals surface area contributed by atoms with E-state index in [1.54, 1.807) is 31.2 Å². The number of hydrogen-bond acceptors (Lipinski definition) is 3.